The predicted molar refractivity (Wildman–Crippen MR) is 122 cm³/mol. The number of aromatic nitrogens is 3. The fourth-order valence-corrected chi connectivity index (χ4v) is 4.79. The van der Waals surface area contributed by atoms with E-state index in [1.807, 2.05) is 0 Å². The number of benzene rings is 1. The van der Waals surface area contributed by atoms with E-state index in [0.717, 1.165) is 0 Å². The highest BCUT2D eigenvalue weighted by Crippen LogP contribution is 2.36. The number of aliphatic hydroxyl groups is 1. The second-order valence-electron chi connectivity index (χ2n) is 9.32. The quantitative estimate of drug-likeness (QED) is 0.510. The van der Waals surface area contributed by atoms with E-state index in [-0.39, 0.29) is 37.5 Å². The van der Waals surface area contributed by atoms with Gasteiger partial charge in [0.15, 0.2) is 11.5 Å². The van der Waals surface area contributed by atoms with Crippen molar-refractivity contribution in [1.82, 2.24) is 24.5 Å². The molecule has 1 amide bonds. The Bertz CT molecular complexity index is 1370. The molecule has 0 spiro atoms. The van der Waals surface area contributed by atoms with Gasteiger partial charge in [-0.1, -0.05) is 23.4 Å². The van der Waals surface area contributed by atoms with Crippen LogP contribution >= 0.6 is 0 Å². The van der Waals surface area contributed by atoms with Gasteiger partial charge in [0.2, 0.25) is 5.60 Å². The van der Waals surface area contributed by atoms with Crippen molar-refractivity contribution in [3.63, 3.8) is 0 Å². The van der Waals surface area contributed by atoms with Gasteiger partial charge in [-0.15, -0.1) is 0 Å². The minimum atomic E-state index is -4.30. The molecule has 0 unspecified atom stereocenters. The number of aromatic carboxylic acids is 1. The molecule has 196 valence electrons. The van der Waals surface area contributed by atoms with Gasteiger partial charge in [0.05, 0.1) is 12.1 Å². The lowest BCUT2D eigenvalue weighted by molar-refractivity contribution is -0.144. The van der Waals surface area contributed by atoms with Crippen LogP contribution in [0.4, 0.5) is 13.2 Å². The third kappa shape index (κ3) is 4.60. The molecule has 5 rings (SSSR count). The first kappa shape index (κ1) is 25.0. The molecule has 1 saturated heterocycles. The van der Waals surface area contributed by atoms with E-state index < -0.39 is 30.1 Å². The van der Waals surface area contributed by atoms with Gasteiger partial charge in [-0.05, 0) is 6.07 Å². The molecule has 37 heavy (non-hydrogen) atoms. The molecule has 1 atom stereocenters. The van der Waals surface area contributed by atoms with Crippen LogP contribution in [0.2, 0.25) is 0 Å². The molecule has 2 N–H and O–H groups in total. The molecule has 1 aromatic carbocycles. The van der Waals surface area contributed by atoms with Gasteiger partial charge >= 0.3 is 12.1 Å². The number of fused-ring (bicyclic) bond motifs is 1. The van der Waals surface area contributed by atoms with Crippen molar-refractivity contribution in [2.75, 3.05) is 26.7 Å². The van der Waals surface area contributed by atoms with E-state index in [2.05, 4.69) is 10.1 Å². The average Bonchev–Trinajstić information content (AvgIpc) is 3.56. The SMILES string of the molecule is CN1CC[C@@](O)(c2cc(-c3cccc(-c4nc(C(=O)O)c5n4CCN(CCC(F)(F)F)C5)c3)no2)C1=O. The summed E-state index contributed by atoms with van der Waals surface area (Å²) < 4.78 is 45.1. The summed E-state index contributed by atoms with van der Waals surface area (Å²) >= 11 is 0. The summed E-state index contributed by atoms with van der Waals surface area (Å²) in [6.45, 7) is 0.796. The van der Waals surface area contributed by atoms with E-state index in [0.29, 0.717) is 41.4 Å². The number of carbonyl (C=O) groups is 2. The Balaban J connectivity index is 1.45. The average molecular weight is 519 g/mol. The fourth-order valence-electron chi connectivity index (χ4n) is 4.79. The molecule has 0 saturated carbocycles. The van der Waals surface area contributed by atoms with Gasteiger partial charge in [-0.25, -0.2) is 9.78 Å². The van der Waals surface area contributed by atoms with Crippen LogP contribution in [0, 0.1) is 0 Å². The Hall–Kier alpha value is -3.71. The maximum absolute atomic E-state index is 12.7. The Labute approximate surface area is 208 Å². The first-order valence-electron chi connectivity index (χ1n) is 11.6. The molecule has 0 bridgehead atoms. The third-order valence-corrected chi connectivity index (χ3v) is 6.84. The Morgan fingerprint density at radius 2 is 1.95 bits per heavy atom. The highest BCUT2D eigenvalue weighted by Gasteiger charge is 2.48. The standard InChI is InChI=1S/C24H24F3N5O5/c1-30-7-5-23(36,22(30)35)18-12-16(29-37-18)14-3-2-4-15(11-14)20-28-19(21(33)34)17-13-31(9-10-32(17)20)8-6-24(25,26)27/h2-4,11-12,36H,5-10,13H2,1H3,(H,33,34)/t23-/m1/s1. The van der Waals surface area contributed by atoms with Gasteiger partial charge in [-0.3, -0.25) is 9.69 Å². The number of carboxylic acid groups (broad SMARTS) is 1. The second kappa shape index (κ2) is 8.99. The number of imidazole rings is 1. The smallest absolute Gasteiger partial charge is 0.390 e. The molecule has 0 radical (unpaired) electrons. The number of carbonyl (C=O) groups excluding carboxylic acids is 1. The van der Waals surface area contributed by atoms with E-state index in [1.165, 1.54) is 11.0 Å². The number of rotatable bonds is 6. The normalized spacial score (nSPS) is 20.5. The van der Waals surface area contributed by atoms with Crippen molar-refractivity contribution in [1.29, 1.82) is 0 Å². The number of likely N-dealkylation sites (N-methyl/N-ethyl adjacent to an activating group) is 1. The number of amides is 1. The van der Waals surface area contributed by atoms with Crippen molar-refractivity contribution >= 4 is 11.9 Å². The lowest BCUT2D eigenvalue weighted by Crippen LogP contribution is -2.36. The Morgan fingerprint density at radius 3 is 2.62 bits per heavy atom. The fraction of sp³-hybridized carbons (Fsp3) is 0.417. The highest BCUT2D eigenvalue weighted by molar-refractivity contribution is 5.89. The van der Waals surface area contributed by atoms with Crippen molar-refractivity contribution < 1.29 is 37.5 Å². The topological polar surface area (TPSA) is 125 Å². The van der Waals surface area contributed by atoms with Gasteiger partial charge in [-0.2, -0.15) is 13.2 Å². The molecule has 1 fully saturated rings. The van der Waals surface area contributed by atoms with Gasteiger partial charge in [0, 0.05) is 63.4 Å². The largest absolute Gasteiger partial charge is 0.476 e. The van der Waals surface area contributed by atoms with Crippen LogP contribution in [-0.4, -0.2) is 79.5 Å². The first-order valence-corrected chi connectivity index (χ1v) is 11.6. The number of nitrogens with zero attached hydrogens (tertiary/aromatic N) is 5. The van der Waals surface area contributed by atoms with Crippen molar-refractivity contribution in [2.24, 2.45) is 0 Å². The lowest BCUT2D eigenvalue weighted by Gasteiger charge is -2.29. The summed E-state index contributed by atoms with van der Waals surface area (Å²) in [7, 11) is 1.59. The molecule has 2 aromatic heterocycles. The lowest BCUT2D eigenvalue weighted by atomic mass is 9.98. The molecule has 0 aliphatic carbocycles. The van der Waals surface area contributed by atoms with Crippen molar-refractivity contribution in [3.8, 4) is 22.6 Å². The molecule has 4 heterocycles. The molecule has 2 aliphatic heterocycles. The monoisotopic (exact) mass is 519 g/mol. The second-order valence-corrected chi connectivity index (χ2v) is 9.32. The van der Waals surface area contributed by atoms with E-state index in [9.17, 15) is 33.0 Å². The van der Waals surface area contributed by atoms with Crippen molar-refractivity contribution in [2.45, 2.75) is 37.7 Å². The van der Waals surface area contributed by atoms with Gasteiger partial charge in [0.1, 0.15) is 11.5 Å². The first-order chi connectivity index (χ1) is 17.5. The van der Waals surface area contributed by atoms with Crippen LogP contribution < -0.4 is 0 Å². The zero-order valence-electron chi connectivity index (χ0n) is 19.8. The van der Waals surface area contributed by atoms with Crippen LogP contribution in [0.5, 0.6) is 0 Å². The number of alkyl halides is 3. The van der Waals surface area contributed by atoms with Crippen LogP contribution in [0.1, 0.15) is 34.8 Å². The van der Waals surface area contributed by atoms with E-state index in [1.54, 1.807) is 40.8 Å². The van der Waals surface area contributed by atoms with Gasteiger partial charge in [0.25, 0.3) is 5.91 Å². The Morgan fingerprint density at radius 1 is 1.19 bits per heavy atom. The minimum absolute atomic E-state index is 0.0348. The summed E-state index contributed by atoms with van der Waals surface area (Å²) in [6.07, 6.45) is -5.10. The van der Waals surface area contributed by atoms with Crippen LogP contribution in [0.25, 0.3) is 22.6 Å². The van der Waals surface area contributed by atoms with Gasteiger partial charge < -0.3 is 24.2 Å². The molecule has 10 nitrogen and oxygen atoms in total. The number of likely N-dealkylation sites (tertiary alicyclic amines) is 1. The Kier molecular flexibility index (Phi) is 6.07. The number of hydrogen-bond acceptors (Lipinski definition) is 7. The minimum Gasteiger partial charge on any atom is -0.476 e. The molecule has 13 heteroatoms. The maximum Gasteiger partial charge on any atom is 0.390 e. The molecular formula is C24H24F3N5O5. The van der Waals surface area contributed by atoms with Crippen LogP contribution in [0.15, 0.2) is 34.9 Å². The summed E-state index contributed by atoms with van der Waals surface area (Å²) in [5, 5.41) is 24.5. The van der Waals surface area contributed by atoms with Crippen molar-refractivity contribution in [3.05, 3.63) is 47.5 Å². The number of halogens is 3. The molecular weight excluding hydrogens is 495 g/mol. The highest BCUT2D eigenvalue weighted by atomic mass is 19.4. The molecule has 2 aliphatic rings. The third-order valence-electron chi connectivity index (χ3n) is 6.84. The van der Waals surface area contributed by atoms with E-state index >= 15 is 0 Å². The summed E-state index contributed by atoms with van der Waals surface area (Å²) in [5.74, 6) is -1.32. The van der Waals surface area contributed by atoms with E-state index in [4.69, 9.17) is 4.52 Å². The van der Waals surface area contributed by atoms with Crippen LogP contribution in [-0.2, 0) is 23.5 Å². The summed E-state index contributed by atoms with van der Waals surface area (Å²) in [6, 6.07) is 8.44. The number of carboxylic acids is 1. The predicted octanol–water partition coefficient (Wildman–Crippen LogP) is 2.72. The summed E-state index contributed by atoms with van der Waals surface area (Å²) in [4.78, 5) is 31.6. The zero-order chi connectivity index (χ0) is 26.5. The van der Waals surface area contributed by atoms with Crippen LogP contribution in [0.3, 0.4) is 0 Å². The maximum atomic E-state index is 12.7. The zero-order valence-corrected chi connectivity index (χ0v) is 19.8. The number of hydrogen-bond donors (Lipinski definition) is 2. The molecule has 3 aromatic rings. The summed E-state index contributed by atoms with van der Waals surface area (Å²) in [5.41, 5.74) is -0.103.